The minimum absolute atomic E-state index is 0.0326. The minimum atomic E-state index is -4.63. The van der Waals surface area contributed by atoms with Crippen LogP contribution in [-0.4, -0.2) is 43.2 Å². The number of ketones is 1. The number of Topliss-reactive ketones (excluding diaryl/α,β-unsaturated/α-hetero) is 1. The summed E-state index contributed by atoms with van der Waals surface area (Å²) in [6, 6.07) is 6.05. The van der Waals surface area contributed by atoms with Crippen molar-refractivity contribution in [3.05, 3.63) is 58.5 Å². The summed E-state index contributed by atoms with van der Waals surface area (Å²) in [7, 11) is -4.08. The molecule has 1 aromatic carbocycles. The fourth-order valence-corrected chi connectivity index (χ4v) is 4.36. The van der Waals surface area contributed by atoms with E-state index in [0.717, 1.165) is 18.6 Å². The van der Waals surface area contributed by atoms with Crippen LogP contribution in [0.2, 0.25) is 0 Å². The zero-order valence-electron chi connectivity index (χ0n) is 22.9. The van der Waals surface area contributed by atoms with Crippen LogP contribution in [0.15, 0.2) is 30.3 Å². The number of alkyl halides is 3. The molecular weight excluding hydrogens is 556 g/mol. The van der Waals surface area contributed by atoms with E-state index in [1.807, 2.05) is 6.92 Å². The van der Waals surface area contributed by atoms with Gasteiger partial charge in [-0.25, -0.2) is 27.3 Å². The van der Waals surface area contributed by atoms with E-state index in [1.54, 1.807) is 25.5 Å². The molecule has 0 spiro atoms. The van der Waals surface area contributed by atoms with Gasteiger partial charge in [-0.2, -0.15) is 13.2 Å². The van der Waals surface area contributed by atoms with Gasteiger partial charge in [0.25, 0.3) is 0 Å². The van der Waals surface area contributed by atoms with E-state index in [4.69, 9.17) is 9.47 Å². The molecule has 0 radical (unpaired) electrons. The van der Waals surface area contributed by atoms with Crippen molar-refractivity contribution < 1.29 is 45.0 Å². The number of halogens is 4. The van der Waals surface area contributed by atoms with Crippen molar-refractivity contribution in [3.8, 4) is 5.88 Å². The van der Waals surface area contributed by atoms with E-state index in [9.17, 15) is 35.6 Å². The molecule has 1 amide bonds. The molecule has 13 heteroatoms. The van der Waals surface area contributed by atoms with E-state index >= 15 is 0 Å². The second-order valence-corrected chi connectivity index (χ2v) is 12.0. The molecule has 0 saturated carbocycles. The highest BCUT2D eigenvalue weighted by Crippen LogP contribution is 2.31. The van der Waals surface area contributed by atoms with Crippen LogP contribution in [0.3, 0.4) is 0 Å². The minimum Gasteiger partial charge on any atom is -0.477 e. The Kier molecular flexibility index (Phi) is 11.5. The zero-order valence-corrected chi connectivity index (χ0v) is 23.7. The number of carbonyl (C=O) groups is 2. The van der Waals surface area contributed by atoms with Gasteiger partial charge in [0, 0.05) is 18.4 Å². The van der Waals surface area contributed by atoms with E-state index < -0.39 is 45.2 Å². The number of aromatic nitrogens is 1. The lowest BCUT2D eigenvalue weighted by Gasteiger charge is -2.19. The van der Waals surface area contributed by atoms with Crippen LogP contribution in [0.1, 0.15) is 69.3 Å². The molecule has 0 fully saturated rings. The standard InChI is InChI=1S/C27H34F4N2O6S/c1-5-6-14-38-24-20(10-12-23(32-24)27(29,30)31)9-11-21(34)16-18-7-8-19(22(28)17-18)13-15-40(36,37)33-25(35)39-26(2,3)4/h7-8,10,12,17H,5-6,9,11,13-16H2,1-4H3,(H,33,35). The predicted molar refractivity (Wildman–Crippen MR) is 140 cm³/mol. The molecule has 2 rings (SSSR count). The van der Waals surface area contributed by atoms with Crippen molar-refractivity contribution in [3.63, 3.8) is 0 Å². The Morgan fingerprint density at radius 2 is 1.70 bits per heavy atom. The predicted octanol–water partition coefficient (Wildman–Crippen LogP) is 5.56. The average molecular weight is 591 g/mol. The number of aryl methyl sites for hydroxylation is 2. The van der Waals surface area contributed by atoms with Crippen molar-refractivity contribution in [1.29, 1.82) is 0 Å². The number of amides is 1. The number of unbranched alkanes of at least 4 members (excludes halogenated alkanes) is 1. The first-order valence-electron chi connectivity index (χ1n) is 12.7. The van der Waals surface area contributed by atoms with Crippen LogP contribution < -0.4 is 9.46 Å². The fourth-order valence-electron chi connectivity index (χ4n) is 3.47. The third-order valence-corrected chi connectivity index (χ3v) is 6.66. The number of nitrogens with one attached hydrogen (secondary N) is 1. The van der Waals surface area contributed by atoms with E-state index in [0.29, 0.717) is 17.5 Å². The van der Waals surface area contributed by atoms with Gasteiger partial charge < -0.3 is 9.47 Å². The Morgan fingerprint density at radius 1 is 1.02 bits per heavy atom. The molecule has 0 bridgehead atoms. The van der Waals surface area contributed by atoms with Crippen molar-refractivity contribution in [2.75, 3.05) is 12.4 Å². The maximum atomic E-state index is 14.6. The van der Waals surface area contributed by atoms with Gasteiger partial charge in [-0.15, -0.1) is 0 Å². The highest BCUT2D eigenvalue weighted by Gasteiger charge is 2.33. The van der Waals surface area contributed by atoms with Gasteiger partial charge in [-0.3, -0.25) is 4.79 Å². The number of pyridine rings is 1. The molecule has 1 N–H and O–H groups in total. The molecule has 1 heterocycles. The number of nitrogens with zero attached hydrogens (tertiary/aromatic N) is 1. The molecule has 1 aromatic heterocycles. The Hall–Kier alpha value is -3.22. The molecule has 8 nitrogen and oxygen atoms in total. The van der Waals surface area contributed by atoms with Crippen molar-refractivity contribution in [1.82, 2.24) is 9.71 Å². The molecule has 0 atom stereocenters. The first-order chi connectivity index (χ1) is 18.5. The summed E-state index contributed by atoms with van der Waals surface area (Å²) in [5.74, 6) is -1.72. The molecule has 0 aliphatic heterocycles. The van der Waals surface area contributed by atoms with Gasteiger partial charge in [0.15, 0.2) is 0 Å². The van der Waals surface area contributed by atoms with Gasteiger partial charge >= 0.3 is 12.3 Å². The second-order valence-electron chi connectivity index (χ2n) is 10.2. The highest BCUT2D eigenvalue weighted by molar-refractivity contribution is 7.90. The molecule has 0 saturated heterocycles. The van der Waals surface area contributed by atoms with Crippen LogP contribution in [-0.2, 0) is 45.0 Å². The van der Waals surface area contributed by atoms with Gasteiger partial charge in [0.2, 0.25) is 15.9 Å². The lowest BCUT2D eigenvalue weighted by molar-refractivity contribution is -0.141. The van der Waals surface area contributed by atoms with Crippen molar-refractivity contribution in [2.45, 2.75) is 78.0 Å². The Labute approximate surface area is 231 Å². The fraction of sp³-hybridized carbons (Fsp3) is 0.519. The molecule has 0 aliphatic rings. The second kappa shape index (κ2) is 13.9. The number of sulfonamides is 1. The molecule has 0 aliphatic carbocycles. The number of hydrogen-bond acceptors (Lipinski definition) is 7. The number of hydrogen-bond donors (Lipinski definition) is 1. The van der Waals surface area contributed by atoms with Gasteiger partial charge in [0.1, 0.15) is 22.9 Å². The summed E-state index contributed by atoms with van der Waals surface area (Å²) in [6.07, 6.45) is -4.65. The first-order valence-corrected chi connectivity index (χ1v) is 14.4. The maximum absolute atomic E-state index is 14.6. The SMILES string of the molecule is CCCCOc1nc(C(F)(F)F)ccc1CCC(=O)Cc1ccc(CCS(=O)(=O)NC(=O)OC(C)(C)C)c(F)c1. The smallest absolute Gasteiger partial charge is 0.433 e. The molecule has 222 valence electrons. The number of ether oxygens (including phenoxy) is 2. The number of carbonyl (C=O) groups excluding carboxylic acids is 2. The quantitative estimate of drug-likeness (QED) is 0.240. The Morgan fingerprint density at radius 3 is 2.30 bits per heavy atom. The van der Waals surface area contributed by atoms with Gasteiger partial charge in [-0.05, 0) is 63.3 Å². The summed E-state index contributed by atoms with van der Waals surface area (Å²) in [5, 5.41) is 0. The zero-order chi connectivity index (χ0) is 30.1. The van der Waals surface area contributed by atoms with Crippen molar-refractivity contribution in [2.24, 2.45) is 0 Å². The van der Waals surface area contributed by atoms with Crippen molar-refractivity contribution >= 4 is 21.9 Å². The Balaban J connectivity index is 1.97. The number of benzene rings is 1. The summed E-state index contributed by atoms with van der Waals surface area (Å²) < 4.78 is 90.2. The van der Waals surface area contributed by atoms with E-state index in [-0.39, 0.29) is 49.5 Å². The van der Waals surface area contributed by atoms with Crippen LogP contribution >= 0.6 is 0 Å². The third kappa shape index (κ3) is 11.5. The van der Waals surface area contributed by atoms with Crippen LogP contribution in [0.25, 0.3) is 0 Å². The average Bonchev–Trinajstić information content (AvgIpc) is 2.80. The van der Waals surface area contributed by atoms with Crippen LogP contribution in [0.5, 0.6) is 5.88 Å². The molecule has 2 aromatic rings. The monoisotopic (exact) mass is 590 g/mol. The summed E-state index contributed by atoms with van der Waals surface area (Å²) in [6.45, 7) is 6.83. The molecule has 0 unspecified atom stereocenters. The van der Waals surface area contributed by atoms with Gasteiger partial charge in [0.05, 0.1) is 12.4 Å². The highest BCUT2D eigenvalue weighted by atomic mass is 32.2. The summed E-state index contributed by atoms with van der Waals surface area (Å²) >= 11 is 0. The van der Waals surface area contributed by atoms with Gasteiger partial charge in [-0.1, -0.05) is 31.5 Å². The third-order valence-electron chi connectivity index (χ3n) is 5.44. The normalized spacial score (nSPS) is 12.2. The van der Waals surface area contributed by atoms with E-state index in [2.05, 4.69) is 4.98 Å². The maximum Gasteiger partial charge on any atom is 0.433 e. The first kappa shape index (κ1) is 33.0. The van der Waals surface area contributed by atoms with E-state index in [1.165, 1.54) is 18.2 Å². The van der Waals surface area contributed by atoms with Crippen LogP contribution in [0.4, 0.5) is 22.4 Å². The lowest BCUT2D eigenvalue weighted by Crippen LogP contribution is -2.37. The lowest BCUT2D eigenvalue weighted by atomic mass is 10.0. The van der Waals surface area contributed by atoms with Crippen LogP contribution in [0, 0.1) is 5.82 Å². The molecule has 40 heavy (non-hydrogen) atoms. The largest absolute Gasteiger partial charge is 0.477 e. The summed E-state index contributed by atoms with van der Waals surface area (Å²) in [5.41, 5.74) is -1.18. The Bertz CT molecular complexity index is 1290. The number of rotatable bonds is 13. The topological polar surface area (TPSA) is 112 Å². The molecular formula is C27H34F4N2O6S. The summed E-state index contributed by atoms with van der Waals surface area (Å²) in [4.78, 5) is 27.8.